The van der Waals surface area contributed by atoms with E-state index >= 15 is 0 Å². The molecule has 2 fully saturated rings. The van der Waals surface area contributed by atoms with Crippen molar-refractivity contribution in [2.75, 3.05) is 25.0 Å². The van der Waals surface area contributed by atoms with Crippen LogP contribution in [0.1, 0.15) is 57.7 Å². The van der Waals surface area contributed by atoms with E-state index in [0.29, 0.717) is 23.5 Å². The van der Waals surface area contributed by atoms with Crippen molar-refractivity contribution in [3.63, 3.8) is 0 Å². The maximum Gasteiger partial charge on any atom is 0.279 e. The minimum atomic E-state index is 0.454. The van der Waals surface area contributed by atoms with Gasteiger partial charge >= 0.3 is 0 Å². The molecular formula is C23H30N6O. The van der Waals surface area contributed by atoms with Crippen LogP contribution in [0.4, 0.5) is 5.82 Å². The molecule has 7 nitrogen and oxygen atoms in total. The topological polar surface area (TPSA) is 80.0 Å². The Morgan fingerprint density at radius 2 is 1.83 bits per heavy atom. The highest BCUT2D eigenvalue weighted by Crippen LogP contribution is 2.39. The second-order valence-corrected chi connectivity index (χ2v) is 8.96. The van der Waals surface area contributed by atoms with E-state index in [1.807, 2.05) is 18.2 Å². The van der Waals surface area contributed by atoms with E-state index in [4.69, 9.17) is 4.52 Å². The SMILES string of the molecule is CC(C)N1CCC(CCNc2nnc(-c3nc(C4CC4)no3)c3ccccc23)CC1. The number of piperidine rings is 1. The van der Waals surface area contributed by atoms with Crippen LogP contribution in [-0.4, -0.2) is 50.9 Å². The van der Waals surface area contributed by atoms with E-state index in [-0.39, 0.29) is 0 Å². The summed E-state index contributed by atoms with van der Waals surface area (Å²) in [5, 5.41) is 18.6. The smallest absolute Gasteiger partial charge is 0.279 e. The van der Waals surface area contributed by atoms with Gasteiger partial charge in [0.25, 0.3) is 5.89 Å². The Morgan fingerprint density at radius 1 is 1.07 bits per heavy atom. The van der Waals surface area contributed by atoms with E-state index in [1.54, 1.807) is 0 Å². The number of nitrogens with zero attached hydrogens (tertiary/aromatic N) is 5. The molecule has 0 spiro atoms. The number of hydrogen-bond acceptors (Lipinski definition) is 7. The van der Waals surface area contributed by atoms with Crippen LogP contribution in [0.2, 0.25) is 0 Å². The van der Waals surface area contributed by atoms with Crippen molar-refractivity contribution >= 4 is 16.6 Å². The summed E-state index contributed by atoms with van der Waals surface area (Å²) in [5.41, 5.74) is 0.664. The lowest BCUT2D eigenvalue weighted by Crippen LogP contribution is -2.38. The number of hydrogen-bond donors (Lipinski definition) is 1. The first kappa shape index (κ1) is 19.4. The van der Waals surface area contributed by atoms with Gasteiger partial charge in [-0.1, -0.05) is 29.4 Å². The normalized spacial score (nSPS) is 18.4. The van der Waals surface area contributed by atoms with Gasteiger partial charge in [0.05, 0.1) is 0 Å². The van der Waals surface area contributed by atoms with Gasteiger partial charge in [-0.25, -0.2) is 0 Å². The molecular weight excluding hydrogens is 376 g/mol. The number of anilines is 1. The van der Waals surface area contributed by atoms with Crippen LogP contribution >= 0.6 is 0 Å². The van der Waals surface area contributed by atoms with Crippen molar-refractivity contribution < 1.29 is 4.52 Å². The molecule has 1 N–H and O–H groups in total. The predicted octanol–water partition coefficient (Wildman–Crippen LogP) is 4.48. The van der Waals surface area contributed by atoms with E-state index in [0.717, 1.165) is 54.1 Å². The second-order valence-electron chi connectivity index (χ2n) is 8.96. The van der Waals surface area contributed by atoms with Gasteiger partial charge in [0.1, 0.15) is 0 Å². The Kier molecular flexibility index (Phi) is 5.37. The summed E-state index contributed by atoms with van der Waals surface area (Å²) in [6.07, 6.45) is 6.02. The molecule has 0 unspecified atom stereocenters. The molecule has 0 amide bonds. The highest BCUT2D eigenvalue weighted by Gasteiger charge is 2.29. The molecule has 30 heavy (non-hydrogen) atoms. The molecule has 3 heterocycles. The molecule has 1 saturated heterocycles. The largest absolute Gasteiger partial charge is 0.368 e. The first-order chi connectivity index (χ1) is 14.7. The third-order valence-electron chi connectivity index (χ3n) is 6.50. The summed E-state index contributed by atoms with van der Waals surface area (Å²) in [6, 6.07) is 8.83. The lowest BCUT2D eigenvalue weighted by atomic mass is 9.93. The number of benzene rings is 1. The van der Waals surface area contributed by atoms with Crippen molar-refractivity contribution in [3.8, 4) is 11.6 Å². The molecule has 1 aromatic carbocycles. The fraction of sp³-hybridized carbons (Fsp3) is 0.565. The van der Waals surface area contributed by atoms with Gasteiger partial charge in [-0.2, -0.15) is 4.98 Å². The van der Waals surface area contributed by atoms with Crippen molar-refractivity contribution in [1.82, 2.24) is 25.2 Å². The Balaban J connectivity index is 1.27. The zero-order valence-electron chi connectivity index (χ0n) is 17.8. The first-order valence-corrected chi connectivity index (χ1v) is 11.3. The molecule has 0 radical (unpaired) electrons. The second kappa shape index (κ2) is 8.30. The minimum absolute atomic E-state index is 0.454. The highest BCUT2D eigenvalue weighted by molar-refractivity contribution is 5.98. The molecule has 0 atom stereocenters. The summed E-state index contributed by atoms with van der Waals surface area (Å²) in [6.45, 7) is 7.92. The first-order valence-electron chi connectivity index (χ1n) is 11.3. The van der Waals surface area contributed by atoms with Crippen molar-refractivity contribution in [2.24, 2.45) is 5.92 Å². The molecule has 7 heteroatoms. The van der Waals surface area contributed by atoms with Crippen LogP contribution in [0.3, 0.4) is 0 Å². The molecule has 1 aliphatic carbocycles. The van der Waals surface area contributed by atoms with Crippen LogP contribution in [0.25, 0.3) is 22.4 Å². The molecule has 2 aliphatic rings. The lowest BCUT2D eigenvalue weighted by Gasteiger charge is -2.34. The van der Waals surface area contributed by atoms with Gasteiger partial charge in [-0.15, -0.1) is 10.2 Å². The van der Waals surface area contributed by atoms with Gasteiger partial charge < -0.3 is 14.7 Å². The standard InChI is InChI=1S/C23H30N6O/c1-15(2)29-13-10-16(11-14-29)9-12-24-22-19-6-4-3-5-18(19)20(26-27-22)23-25-21(28-30-23)17-7-8-17/h3-6,15-17H,7-14H2,1-2H3,(H,24,27). The maximum absolute atomic E-state index is 5.50. The van der Waals surface area contributed by atoms with E-state index < -0.39 is 0 Å². The molecule has 2 aromatic heterocycles. The van der Waals surface area contributed by atoms with Gasteiger partial charge in [-0.3, -0.25) is 0 Å². The van der Waals surface area contributed by atoms with Gasteiger partial charge in [-0.05, 0) is 65.0 Å². The zero-order valence-corrected chi connectivity index (χ0v) is 17.8. The number of nitrogens with one attached hydrogen (secondary N) is 1. The summed E-state index contributed by atoms with van der Waals surface area (Å²) in [5.74, 6) is 3.32. The van der Waals surface area contributed by atoms with Gasteiger partial charge in [0, 0.05) is 29.3 Å². The molecule has 1 aliphatic heterocycles. The average molecular weight is 407 g/mol. The van der Waals surface area contributed by atoms with Gasteiger partial charge in [0.2, 0.25) is 0 Å². The van der Waals surface area contributed by atoms with Crippen molar-refractivity contribution in [1.29, 1.82) is 0 Å². The Bertz CT molecular complexity index is 1000. The zero-order chi connectivity index (χ0) is 20.5. The quantitative estimate of drug-likeness (QED) is 0.619. The summed E-state index contributed by atoms with van der Waals surface area (Å²) in [7, 11) is 0. The molecule has 158 valence electrons. The number of aromatic nitrogens is 4. The number of rotatable bonds is 7. The Morgan fingerprint density at radius 3 is 2.57 bits per heavy atom. The van der Waals surface area contributed by atoms with Crippen LogP contribution < -0.4 is 5.32 Å². The van der Waals surface area contributed by atoms with Crippen LogP contribution in [0.15, 0.2) is 28.8 Å². The third-order valence-corrected chi connectivity index (χ3v) is 6.50. The summed E-state index contributed by atoms with van der Waals surface area (Å²) >= 11 is 0. The fourth-order valence-corrected chi connectivity index (χ4v) is 4.38. The van der Waals surface area contributed by atoms with E-state index in [1.165, 1.54) is 25.9 Å². The highest BCUT2D eigenvalue weighted by atomic mass is 16.5. The monoisotopic (exact) mass is 406 g/mol. The van der Waals surface area contributed by atoms with Crippen LogP contribution in [0.5, 0.6) is 0 Å². The van der Waals surface area contributed by atoms with Gasteiger partial charge in [0.15, 0.2) is 17.3 Å². The van der Waals surface area contributed by atoms with Crippen LogP contribution in [-0.2, 0) is 0 Å². The van der Waals surface area contributed by atoms with E-state index in [2.05, 4.69) is 50.5 Å². The minimum Gasteiger partial charge on any atom is -0.368 e. The summed E-state index contributed by atoms with van der Waals surface area (Å²) in [4.78, 5) is 7.14. The number of fused-ring (bicyclic) bond motifs is 1. The summed E-state index contributed by atoms with van der Waals surface area (Å²) < 4.78 is 5.50. The van der Waals surface area contributed by atoms with Crippen LogP contribution in [0, 0.1) is 5.92 Å². The molecule has 5 rings (SSSR count). The molecule has 0 bridgehead atoms. The molecule has 3 aromatic rings. The predicted molar refractivity (Wildman–Crippen MR) is 117 cm³/mol. The fourth-order valence-electron chi connectivity index (χ4n) is 4.38. The average Bonchev–Trinajstić information content (AvgIpc) is 3.51. The van der Waals surface area contributed by atoms with E-state index in [9.17, 15) is 0 Å². The number of likely N-dealkylation sites (tertiary alicyclic amines) is 1. The third kappa shape index (κ3) is 4.03. The van der Waals surface area contributed by atoms with Crippen molar-refractivity contribution in [3.05, 3.63) is 30.1 Å². The molecule has 1 saturated carbocycles. The lowest BCUT2D eigenvalue weighted by molar-refractivity contribution is 0.147. The Hall–Kier alpha value is -2.54. The Labute approximate surface area is 177 Å². The maximum atomic E-state index is 5.50. The van der Waals surface area contributed by atoms with Crippen molar-refractivity contribution in [2.45, 2.75) is 57.9 Å².